The number of carbonyl (C=O) groups excluding carboxylic acids is 2. The van der Waals surface area contributed by atoms with Crippen LogP contribution in [0.2, 0.25) is 0 Å². The van der Waals surface area contributed by atoms with Gasteiger partial charge in [0.2, 0.25) is 0 Å². The summed E-state index contributed by atoms with van der Waals surface area (Å²) in [5.74, 6) is -2.61. The molecule has 0 aliphatic heterocycles. The fraction of sp³-hybridized carbons (Fsp3) is 0.235. The molecule has 0 spiro atoms. The van der Waals surface area contributed by atoms with Crippen LogP contribution in [-0.4, -0.2) is 16.6 Å². The third-order valence-corrected chi connectivity index (χ3v) is 3.46. The third-order valence-electron chi connectivity index (χ3n) is 3.46. The highest BCUT2D eigenvalue weighted by Crippen LogP contribution is 2.30. The number of nitrogens with zero attached hydrogens (tertiary/aromatic N) is 1. The molecule has 126 valence electrons. The largest absolute Gasteiger partial charge is 0.416 e. The molecule has 2 rings (SSSR count). The lowest BCUT2D eigenvalue weighted by molar-refractivity contribution is -0.137. The fourth-order valence-corrected chi connectivity index (χ4v) is 2.17. The van der Waals surface area contributed by atoms with Crippen LogP contribution in [0.1, 0.15) is 33.6 Å². The first-order chi connectivity index (χ1) is 11.2. The van der Waals surface area contributed by atoms with Gasteiger partial charge in [0.15, 0.2) is 5.78 Å². The number of aromatic nitrogens is 1. The Morgan fingerprint density at radius 1 is 1.17 bits per heavy atom. The quantitative estimate of drug-likeness (QED) is 0.471. The Hall–Kier alpha value is -2.57. The molecule has 0 amide bonds. The molecular weight excluding hydrogens is 326 g/mol. The molecule has 0 aliphatic rings. The van der Waals surface area contributed by atoms with Gasteiger partial charge in [-0.1, -0.05) is 6.07 Å². The minimum absolute atomic E-state index is 0.0479. The van der Waals surface area contributed by atoms with Gasteiger partial charge in [-0.15, -0.1) is 0 Å². The Kier molecular flexibility index (Phi) is 5.11. The van der Waals surface area contributed by atoms with E-state index in [1.807, 2.05) is 0 Å². The van der Waals surface area contributed by atoms with Gasteiger partial charge in [0.1, 0.15) is 11.6 Å². The number of benzene rings is 1. The van der Waals surface area contributed by atoms with Crippen molar-refractivity contribution in [3.05, 3.63) is 64.7 Å². The lowest BCUT2D eigenvalue weighted by Gasteiger charge is -2.09. The van der Waals surface area contributed by atoms with Crippen molar-refractivity contribution in [2.75, 3.05) is 0 Å². The third kappa shape index (κ3) is 4.24. The highest BCUT2D eigenvalue weighted by molar-refractivity contribution is 6.08. The summed E-state index contributed by atoms with van der Waals surface area (Å²) < 4.78 is 51.2. The van der Waals surface area contributed by atoms with E-state index in [1.165, 1.54) is 0 Å². The van der Waals surface area contributed by atoms with Gasteiger partial charge >= 0.3 is 6.18 Å². The molecule has 0 saturated heterocycles. The molecule has 1 aromatic carbocycles. The van der Waals surface area contributed by atoms with Crippen LogP contribution in [0.15, 0.2) is 36.5 Å². The summed E-state index contributed by atoms with van der Waals surface area (Å²) in [5.41, 5.74) is -0.435. The van der Waals surface area contributed by atoms with Crippen LogP contribution in [0.25, 0.3) is 0 Å². The number of hydrogen-bond acceptors (Lipinski definition) is 3. The smallest absolute Gasteiger partial charge is 0.299 e. The van der Waals surface area contributed by atoms with Gasteiger partial charge in [0, 0.05) is 18.3 Å². The summed E-state index contributed by atoms with van der Waals surface area (Å²) in [7, 11) is 0. The molecule has 1 heterocycles. The zero-order valence-corrected chi connectivity index (χ0v) is 12.7. The molecule has 24 heavy (non-hydrogen) atoms. The lowest BCUT2D eigenvalue weighted by atomic mass is 9.99. The predicted octanol–water partition coefficient (Wildman–Crippen LogP) is 3.93. The van der Waals surface area contributed by atoms with Gasteiger partial charge in [-0.05, 0) is 36.8 Å². The first kappa shape index (κ1) is 17.8. The summed E-state index contributed by atoms with van der Waals surface area (Å²) >= 11 is 0. The highest BCUT2D eigenvalue weighted by Gasteiger charge is 2.31. The van der Waals surface area contributed by atoms with Gasteiger partial charge in [-0.2, -0.15) is 13.2 Å². The Labute approximate surface area is 135 Å². The van der Waals surface area contributed by atoms with Crippen molar-refractivity contribution in [2.24, 2.45) is 0 Å². The van der Waals surface area contributed by atoms with Crippen LogP contribution < -0.4 is 0 Å². The summed E-state index contributed by atoms with van der Waals surface area (Å²) in [5, 5.41) is 0. The maximum absolute atomic E-state index is 13.7. The van der Waals surface area contributed by atoms with Crippen molar-refractivity contribution in [1.82, 2.24) is 4.98 Å². The highest BCUT2D eigenvalue weighted by atomic mass is 19.4. The van der Waals surface area contributed by atoms with Crippen LogP contribution in [-0.2, 0) is 17.4 Å². The van der Waals surface area contributed by atoms with Crippen molar-refractivity contribution in [2.45, 2.75) is 25.9 Å². The van der Waals surface area contributed by atoms with Crippen LogP contribution in [0, 0.1) is 12.7 Å². The topological polar surface area (TPSA) is 47.0 Å². The minimum atomic E-state index is -4.70. The van der Waals surface area contributed by atoms with E-state index in [-0.39, 0.29) is 12.5 Å². The maximum Gasteiger partial charge on any atom is 0.416 e. The van der Waals surface area contributed by atoms with Crippen molar-refractivity contribution in [3.63, 3.8) is 0 Å². The van der Waals surface area contributed by atoms with E-state index in [4.69, 9.17) is 0 Å². The zero-order chi connectivity index (χ0) is 17.9. The number of ketones is 2. The summed E-state index contributed by atoms with van der Waals surface area (Å²) in [4.78, 5) is 27.9. The van der Waals surface area contributed by atoms with E-state index in [9.17, 15) is 27.2 Å². The monoisotopic (exact) mass is 339 g/mol. The Morgan fingerprint density at radius 2 is 1.88 bits per heavy atom. The van der Waals surface area contributed by atoms with Gasteiger partial charge in [-0.25, -0.2) is 4.39 Å². The SMILES string of the molecule is Cc1ncccc1CC(=O)CC(=O)c1ccc(C(F)(F)F)cc1F. The molecule has 0 radical (unpaired) electrons. The lowest BCUT2D eigenvalue weighted by Crippen LogP contribution is -2.14. The number of hydrogen-bond donors (Lipinski definition) is 0. The predicted molar refractivity (Wildman–Crippen MR) is 78.0 cm³/mol. The number of alkyl halides is 3. The van der Waals surface area contributed by atoms with Gasteiger partial charge in [-0.3, -0.25) is 14.6 Å². The molecule has 0 saturated carbocycles. The first-order valence-electron chi connectivity index (χ1n) is 7.00. The zero-order valence-electron chi connectivity index (χ0n) is 12.7. The average molecular weight is 339 g/mol. The standard InChI is InChI=1S/C17H13F4NO2/c1-10-11(3-2-6-22-10)7-13(23)9-16(24)14-5-4-12(8-15(14)18)17(19,20)21/h2-6,8H,7,9H2,1H3. The normalized spacial score (nSPS) is 11.4. The molecule has 2 aromatic rings. The van der Waals surface area contributed by atoms with E-state index in [0.29, 0.717) is 17.3 Å². The summed E-state index contributed by atoms with van der Waals surface area (Å²) in [6, 6.07) is 4.95. The second-order valence-electron chi connectivity index (χ2n) is 5.26. The molecule has 0 atom stereocenters. The van der Waals surface area contributed by atoms with Crippen molar-refractivity contribution >= 4 is 11.6 Å². The number of pyridine rings is 1. The van der Waals surface area contributed by atoms with E-state index >= 15 is 0 Å². The second-order valence-corrected chi connectivity index (χ2v) is 5.26. The van der Waals surface area contributed by atoms with E-state index in [2.05, 4.69) is 4.98 Å². The van der Waals surface area contributed by atoms with Gasteiger partial charge in [0.05, 0.1) is 17.5 Å². The Balaban J connectivity index is 2.10. The molecule has 1 aromatic heterocycles. The number of carbonyl (C=O) groups is 2. The Morgan fingerprint density at radius 3 is 2.46 bits per heavy atom. The summed E-state index contributed by atoms with van der Waals surface area (Å²) in [6.45, 7) is 1.71. The second kappa shape index (κ2) is 6.90. The molecular formula is C17H13F4NO2. The van der Waals surface area contributed by atoms with Crippen LogP contribution in [0.4, 0.5) is 17.6 Å². The van der Waals surface area contributed by atoms with Gasteiger partial charge < -0.3 is 0 Å². The van der Waals surface area contributed by atoms with E-state index < -0.39 is 41.1 Å². The summed E-state index contributed by atoms with van der Waals surface area (Å²) in [6.07, 6.45) is -3.77. The fourth-order valence-electron chi connectivity index (χ4n) is 2.17. The van der Waals surface area contributed by atoms with E-state index in [1.54, 1.807) is 25.3 Å². The molecule has 0 unspecified atom stereocenters. The van der Waals surface area contributed by atoms with Crippen LogP contribution in [0.5, 0.6) is 0 Å². The van der Waals surface area contributed by atoms with Crippen LogP contribution >= 0.6 is 0 Å². The number of halogens is 4. The molecule has 0 N–H and O–H groups in total. The number of rotatable bonds is 5. The molecule has 3 nitrogen and oxygen atoms in total. The molecule has 0 bridgehead atoms. The number of aryl methyl sites for hydroxylation is 1. The maximum atomic E-state index is 13.7. The first-order valence-corrected chi connectivity index (χ1v) is 7.00. The van der Waals surface area contributed by atoms with E-state index in [0.717, 1.165) is 6.07 Å². The number of Topliss-reactive ketones (excluding diaryl/α,β-unsaturated/α-hetero) is 2. The molecule has 0 aliphatic carbocycles. The average Bonchev–Trinajstić information content (AvgIpc) is 2.48. The van der Waals surface area contributed by atoms with Crippen LogP contribution in [0.3, 0.4) is 0 Å². The van der Waals surface area contributed by atoms with Crippen molar-refractivity contribution < 1.29 is 27.2 Å². The van der Waals surface area contributed by atoms with Gasteiger partial charge in [0.25, 0.3) is 0 Å². The Bertz CT molecular complexity index is 784. The van der Waals surface area contributed by atoms with Crippen molar-refractivity contribution in [3.8, 4) is 0 Å². The minimum Gasteiger partial charge on any atom is -0.299 e. The molecule has 0 fully saturated rings. The molecule has 7 heteroatoms. The van der Waals surface area contributed by atoms with Crippen molar-refractivity contribution in [1.29, 1.82) is 0 Å².